The molecule has 0 unspecified atom stereocenters. The first-order chi connectivity index (χ1) is 9.74. The van der Waals surface area contributed by atoms with E-state index in [1.165, 1.54) is 0 Å². The second kappa shape index (κ2) is 5.45. The highest BCUT2D eigenvalue weighted by atomic mass is 16.5. The lowest BCUT2D eigenvalue weighted by molar-refractivity contribution is -0.131. The molecular weight excluding hydrogens is 254 g/mol. The number of benzene rings is 1. The number of likely N-dealkylation sites (tertiary alicyclic amines) is 1. The Morgan fingerprint density at radius 2 is 2.20 bits per heavy atom. The fraction of sp³-hybridized carbons (Fsp3) is 0.400. The van der Waals surface area contributed by atoms with E-state index in [2.05, 4.69) is 10.1 Å². The van der Waals surface area contributed by atoms with Crippen LogP contribution in [0.15, 0.2) is 34.9 Å². The number of hydrogen-bond donors (Lipinski definition) is 0. The Hall–Kier alpha value is -2.17. The lowest BCUT2D eigenvalue weighted by Gasteiger charge is -2.21. The summed E-state index contributed by atoms with van der Waals surface area (Å²) in [6, 6.07) is 9.73. The first kappa shape index (κ1) is 12.8. The average molecular weight is 271 g/mol. The molecule has 0 saturated carbocycles. The van der Waals surface area contributed by atoms with Crippen molar-refractivity contribution >= 4 is 5.91 Å². The number of rotatable bonds is 3. The van der Waals surface area contributed by atoms with Crippen molar-refractivity contribution in [3.8, 4) is 0 Å². The summed E-state index contributed by atoms with van der Waals surface area (Å²) in [5, 5.41) is 3.81. The first-order valence-corrected chi connectivity index (χ1v) is 6.87. The van der Waals surface area contributed by atoms with Crippen LogP contribution in [0.4, 0.5) is 0 Å². The van der Waals surface area contributed by atoms with Crippen LogP contribution < -0.4 is 0 Å². The fourth-order valence-electron chi connectivity index (χ4n) is 2.64. The van der Waals surface area contributed by atoms with E-state index < -0.39 is 0 Å². The lowest BCUT2D eigenvalue weighted by atomic mass is 10.1. The molecule has 1 aliphatic rings. The Kier molecular flexibility index (Phi) is 3.50. The van der Waals surface area contributed by atoms with Gasteiger partial charge in [-0.15, -0.1) is 0 Å². The molecule has 1 aromatic carbocycles. The third-order valence-corrected chi connectivity index (χ3v) is 3.60. The maximum atomic E-state index is 12.4. The van der Waals surface area contributed by atoms with Gasteiger partial charge >= 0.3 is 0 Å². The SMILES string of the molecule is Cc1noc([C@H]2CCCN2C(=O)Cc2ccccc2)n1. The van der Waals surface area contributed by atoms with E-state index in [0.29, 0.717) is 18.1 Å². The van der Waals surface area contributed by atoms with Gasteiger partial charge in [0.25, 0.3) is 0 Å². The summed E-state index contributed by atoms with van der Waals surface area (Å²) in [4.78, 5) is 18.6. The summed E-state index contributed by atoms with van der Waals surface area (Å²) >= 11 is 0. The molecule has 2 heterocycles. The molecule has 3 rings (SSSR count). The fourth-order valence-corrected chi connectivity index (χ4v) is 2.64. The zero-order chi connectivity index (χ0) is 13.9. The number of carbonyl (C=O) groups excluding carboxylic acids is 1. The van der Waals surface area contributed by atoms with Gasteiger partial charge < -0.3 is 9.42 Å². The minimum atomic E-state index is -0.0626. The summed E-state index contributed by atoms with van der Waals surface area (Å²) in [6.45, 7) is 2.55. The summed E-state index contributed by atoms with van der Waals surface area (Å²) in [7, 11) is 0. The number of aromatic nitrogens is 2. The largest absolute Gasteiger partial charge is 0.337 e. The third-order valence-electron chi connectivity index (χ3n) is 3.60. The number of carbonyl (C=O) groups is 1. The van der Waals surface area contributed by atoms with E-state index in [-0.39, 0.29) is 11.9 Å². The van der Waals surface area contributed by atoms with Crippen LogP contribution in [0.25, 0.3) is 0 Å². The van der Waals surface area contributed by atoms with Crippen molar-refractivity contribution in [2.45, 2.75) is 32.2 Å². The highest BCUT2D eigenvalue weighted by molar-refractivity contribution is 5.79. The standard InChI is InChI=1S/C15H17N3O2/c1-11-16-15(20-17-11)13-8-5-9-18(13)14(19)10-12-6-3-2-4-7-12/h2-4,6-7,13H,5,8-10H2,1H3/t13-/m1/s1. The van der Waals surface area contributed by atoms with Crippen molar-refractivity contribution in [1.29, 1.82) is 0 Å². The van der Waals surface area contributed by atoms with Crippen molar-refractivity contribution in [2.75, 3.05) is 6.54 Å². The van der Waals surface area contributed by atoms with Crippen molar-refractivity contribution in [1.82, 2.24) is 15.0 Å². The Balaban J connectivity index is 1.73. The van der Waals surface area contributed by atoms with Crippen molar-refractivity contribution in [3.63, 3.8) is 0 Å². The predicted octanol–water partition coefficient (Wildman–Crippen LogP) is 2.28. The van der Waals surface area contributed by atoms with Gasteiger partial charge in [-0.1, -0.05) is 35.5 Å². The molecule has 104 valence electrons. The van der Waals surface area contributed by atoms with Gasteiger partial charge in [-0.05, 0) is 25.3 Å². The maximum Gasteiger partial charge on any atom is 0.249 e. The topological polar surface area (TPSA) is 59.2 Å². The van der Waals surface area contributed by atoms with Crippen LogP contribution in [0.3, 0.4) is 0 Å². The van der Waals surface area contributed by atoms with E-state index >= 15 is 0 Å². The van der Waals surface area contributed by atoms with Gasteiger partial charge in [-0.2, -0.15) is 4.98 Å². The zero-order valence-corrected chi connectivity index (χ0v) is 11.5. The summed E-state index contributed by atoms with van der Waals surface area (Å²) in [5.41, 5.74) is 1.03. The van der Waals surface area contributed by atoms with Crippen molar-refractivity contribution < 1.29 is 9.32 Å². The molecule has 1 aromatic heterocycles. The van der Waals surface area contributed by atoms with Crippen LogP contribution in [0.1, 0.15) is 36.2 Å². The normalized spacial score (nSPS) is 18.4. The minimum Gasteiger partial charge on any atom is -0.337 e. The average Bonchev–Trinajstić information content (AvgIpc) is 3.08. The smallest absolute Gasteiger partial charge is 0.249 e. The Bertz CT molecular complexity index is 594. The zero-order valence-electron chi connectivity index (χ0n) is 11.5. The van der Waals surface area contributed by atoms with Crippen LogP contribution in [0.2, 0.25) is 0 Å². The molecule has 1 atom stereocenters. The number of amides is 1. The Morgan fingerprint density at radius 3 is 2.90 bits per heavy atom. The van der Waals surface area contributed by atoms with Gasteiger partial charge in [-0.25, -0.2) is 0 Å². The van der Waals surface area contributed by atoms with Gasteiger partial charge in [0.05, 0.1) is 6.42 Å². The quantitative estimate of drug-likeness (QED) is 0.859. The predicted molar refractivity (Wildman–Crippen MR) is 72.9 cm³/mol. The van der Waals surface area contributed by atoms with Gasteiger partial charge in [0.15, 0.2) is 5.82 Å². The monoisotopic (exact) mass is 271 g/mol. The summed E-state index contributed by atoms with van der Waals surface area (Å²) in [6.07, 6.45) is 2.29. The molecule has 1 fully saturated rings. The molecule has 0 N–H and O–H groups in total. The van der Waals surface area contributed by atoms with E-state index in [9.17, 15) is 4.79 Å². The molecule has 20 heavy (non-hydrogen) atoms. The number of aryl methyl sites for hydroxylation is 1. The minimum absolute atomic E-state index is 0.0626. The summed E-state index contributed by atoms with van der Waals surface area (Å²) < 4.78 is 5.22. The van der Waals surface area contributed by atoms with Crippen LogP contribution in [0, 0.1) is 6.92 Å². The van der Waals surface area contributed by atoms with E-state index in [1.807, 2.05) is 35.2 Å². The molecular formula is C15H17N3O2. The Labute approximate surface area is 117 Å². The van der Waals surface area contributed by atoms with Crippen molar-refractivity contribution in [3.05, 3.63) is 47.6 Å². The molecule has 0 radical (unpaired) electrons. The number of nitrogens with zero attached hydrogens (tertiary/aromatic N) is 3. The third kappa shape index (κ3) is 2.57. The van der Waals surface area contributed by atoms with Gasteiger partial charge in [-0.3, -0.25) is 4.79 Å². The molecule has 0 bridgehead atoms. The van der Waals surface area contributed by atoms with E-state index in [4.69, 9.17) is 4.52 Å². The van der Waals surface area contributed by atoms with Gasteiger partial charge in [0.2, 0.25) is 11.8 Å². The second-order valence-corrected chi connectivity index (χ2v) is 5.09. The summed E-state index contributed by atoms with van der Waals surface area (Å²) in [5.74, 6) is 1.29. The molecule has 0 spiro atoms. The molecule has 1 amide bonds. The highest BCUT2D eigenvalue weighted by Crippen LogP contribution is 2.31. The van der Waals surface area contributed by atoms with Crippen LogP contribution in [-0.4, -0.2) is 27.5 Å². The van der Waals surface area contributed by atoms with Gasteiger partial charge in [0, 0.05) is 6.54 Å². The van der Waals surface area contributed by atoms with Gasteiger partial charge in [0.1, 0.15) is 6.04 Å². The molecule has 1 saturated heterocycles. The van der Waals surface area contributed by atoms with Crippen LogP contribution in [-0.2, 0) is 11.2 Å². The molecule has 5 nitrogen and oxygen atoms in total. The molecule has 2 aromatic rings. The highest BCUT2D eigenvalue weighted by Gasteiger charge is 2.33. The molecule has 5 heteroatoms. The van der Waals surface area contributed by atoms with Crippen LogP contribution in [0.5, 0.6) is 0 Å². The molecule has 0 aliphatic carbocycles. The van der Waals surface area contributed by atoms with Crippen LogP contribution >= 0.6 is 0 Å². The Morgan fingerprint density at radius 1 is 1.40 bits per heavy atom. The van der Waals surface area contributed by atoms with Crippen molar-refractivity contribution in [2.24, 2.45) is 0 Å². The van der Waals surface area contributed by atoms with E-state index in [1.54, 1.807) is 6.92 Å². The second-order valence-electron chi connectivity index (χ2n) is 5.09. The number of hydrogen-bond acceptors (Lipinski definition) is 4. The lowest BCUT2D eigenvalue weighted by Crippen LogP contribution is -2.32. The molecule has 1 aliphatic heterocycles. The maximum absolute atomic E-state index is 12.4. The van der Waals surface area contributed by atoms with E-state index in [0.717, 1.165) is 24.9 Å². The first-order valence-electron chi connectivity index (χ1n) is 6.87.